The summed E-state index contributed by atoms with van der Waals surface area (Å²) in [4.78, 5) is 62.9. The number of carbonyl (C=O) groups excluding carboxylic acids is 4. The van der Waals surface area contributed by atoms with Gasteiger partial charge in [-0.1, -0.05) is 62.7 Å². The predicted molar refractivity (Wildman–Crippen MR) is 151 cm³/mol. The van der Waals surface area contributed by atoms with Crippen LogP contribution in [0.4, 0.5) is 0 Å². The molecule has 2 aromatic carbocycles. The minimum atomic E-state index is -1.32. The van der Waals surface area contributed by atoms with Crippen LogP contribution in [0.1, 0.15) is 44.2 Å². The Bertz CT molecular complexity index is 1190. The standard InChI is InChI=1S/C29H39N5O7/c1-3-17(2)25(31)28(39)33-22(15-19-9-11-20(35)12-10-19)27(38)32-21(13-14-24(30)36)26(37)34-23(29(40)41)16-18-7-5-4-6-8-18/h4-12,17,21-23,25,35H,3,13-16,31H2,1-2H3,(H2,30,36)(H,32,38)(H,33,39)(H,34,37)(H,40,41). The topological polar surface area (TPSA) is 214 Å². The van der Waals surface area contributed by atoms with Gasteiger partial charge in [-0.3, -0.25) is 19.2 Å². The van der Waals surface area contributed by atoms with E-state index in [1.165, 1.54) is 12.1 Å². The Hall–Kier alpha value is -4.45. The van der Waals surface area contributed by atoms with Crippen LogP contribution < -0.4 is 27.4 Å². The molecule has 0 heterocycles. The number of rotatable bonds is 16. The van der Waals surface area contributed by atoms with Crippen LogP contribution in [0.5, 0.6) is 5.75 Å². The second-order valence-corrected chi connectivity index (χ2v) is 10.00. The Labute approximate surface area is 238 Å². The minimum absolute atomic E-state index is 0.000988. The molecule has 0 fully saturated rings. The van der Waals surface area contributed by atoms with Gasteiger partial charge in [0.1, 0.15) is 23.9 Å². The summed E-state index contributed by atoms with van der Waals surface area (Å²) in [7, 11) is 0. The van der Waals surface area contributed by atoms with E-state index in [1.54, 1.807) is 49.4 Å². The number of aliphatic carboxylic acids is 1. The van der Waals surface area contributed by atoms with E-state index in [2.05, 4.69) is 16.0 Å². The number of phenolic OH excluding ortho intramolecular Hbond substituents is 1. The lowest BCUT2D eigenvalue weighted by Crippen LogP contribution is -2.58. The van der Waals surface area contributed by atoms with E-state index in [1.807, 2.05) is 6.92 Å². The monoisotopic (exact) mass is 569 g/mol. The Morgan fingerprint density at radius 1 is 0.780 bits per heavy atom. The van der Waals surface area contributed by atoms with Crippen LogP contribution in [0.2, 0.25) is 0 Å². The van der Waals surface area contributed by atoms with E-state index in [-0.39, 0.29) is 37.4 Å². The van der Waals surface area contributed by atoms with Crippen molar-refractivity contribution in [3.05, 3.63) is 65.7 Å². The molecule has 5 atom stereocenters. The molecule has 2 aromatic rings. The maximum atomic E-state index is 13.5. The van der Waals surface area contributed by atoms with Gasteiger partial charge in [0.25, 0.3) is 0 Å². The number of nitrogens with two attached hydrogens (primary N) is 2. The first kappa shape index (κ1) is 32.8. The Balaban J connectivity index is 2.27. The summed E-state index contributed by atoms with van der Waals surface area (Å²) in [5, 5.41) is 26.9. The van der Waals surface area contributed by atoms with Crippen LogP contribution in [0.3, 0.4) is 0 Å². The van der Waals surface area contributed by atoms with Gasteiger partial charge < -0.3 is 37.6 Å². The van der Waals surface area contributed by atoms with Crippen molar-refractivity contribution >= 4 is 29.6 Å². The fourth-order valence-corrected chi connectivity index (χ4v) is 4.01. The lowest BCUT2D eigenvalue weighted by atomic mass is 9.98. The number of carboxylic acid groups (broad SMARTS) is 1. The molecule has 0 aliphatic carbocycles. The average molecular weight is 570 g/mol. The molecule has 9 N–H and O–H groups in total. The zero-order valence-electron chi connectivity index (χ0n) is 23.2. The van der Waals surface area contributed by atoms with Crippen LogP contribution in [0.15, 0.2) is 54.6 Å². The van der Waals surface area contributed by atoms with Crippen molar-refractivity contribution in [1.82, 2.24) is 16.0 Å². The number of hydrogen-bond donors (Lipinski definition) is 7. The van der Waals surface area contributed by atoms with E-state index in [0.29, 0.717) is 17.5 Å². The van der Waals surface area contributed by atoms with Crippen molar-refractivity contribution < 1.29 is 34.2 Å². The molecule has 2 rings (SSSR count). The summed E-state index contributed by atoms with van der Waals surface area (Å²) in [5.41, 5.74) is 12.6. The molecular weight excluding hydrogens is 530 g/mol. The number of phenols is 1. The third-order valence-electron chi connectivity index (χ3n) is 6.78. The van der Waals surface area contributed by atoms with Crippen molar-refractivity contribution in [3.63, 3.8) is 0 Å². The molecule has 0 radical (unpaired) electrons. The summed E-state index contributed by atoms with van der Waals surface area (Å²) in [6.45, 7) is 3.68. The molecule has 0 aromatic heterocycles. The van der Waals surface area contributed by atoms with Gasteiger partial charge in [-0.15, -0.1) is 0 Å². The highest BCUT2D eigenvalue weighted by Gasteiger charge is 2.31. The molecule has 0 bridgehead atoms. The van der Waals surface area contributed by atoms with Crippen LogP contribution in [-0.2, 0) is 36.8 Å². The average Bonchev–Trinajstić information content (AvgIpc) is 2.94. The maximum absolute atomic E-state index is 13.5. The Morgan fingerprint density at radius 2 is 1.29 bits per heavy atom. The van der Waals surface area contributed by atoms with Gasteiger partial charge >= 0.3 is 5.97 Å². The molecule has 12 nitrogen and oxygen atoms in total. The van der Waals surface area contributed by atoms with Gasteiger partial charge in [-0.05, 0) is 35.6 Å². The number of hydrogen-bond acceptors (Lipinski definition) is 7. The van der Waals surface area contributed by atoms with Gasteiger partial charge in [-0.25, -0.2) is 4.79 Å². The molecule has 0 aliphatic rings. The van der Waals surface area contributed by atoms with E-state index in [9.17, 15) is 34.2 Å². The highest BCUT2D eigenvalue weighted by molar-refractivity contribution is 5.94. The zero-order valence-corrected chi connectivity index (χ0v) is 23.2. The Kier molecular flexibility index (Phi) is 12.8. The lowest BCUT2D eigenvalue weighted by molar-refractivity contribution is -0.142. The Morgan fingerprint density at radius 3 is 1.85 bits per heavy atom. The first-order valence-electron chi connectivity index (χ1n) is 13.4. The first-order chi connectivity index (χ1) is 19.4. The van der Waals surface area contributed by atoms with Gasteiger partial charge in [0.15, 0.2) is 0 Å². The van der Waals surface area contributed by atoms with Crippen molar-refractivity contribution in [2.75, 3.05) is 0 Å². The number of carboxylic acids is 1. The van der Waals surface area contributed by atoms with E-state index in [0.717, 1.165) is 0 Å². The van der Waals surface area contributed by atoms with Crippen LogP contribution in [0.25, 0.3) is 0 Å². The molecule has 222 valence electrons. The minimum Gasteiger partial charge on any atom is -0.508 e. The number of nitrogens with one attached hydrogen (secondary N) is 3. The van der Waals surface area contributed by atoms with E-state index < -0.39 is 53.8 Å². The highest BCUT2D eigenvalue weighted by Crippen LogP contribution is 2.13. The summed E-state index contributed by atoms with van der Waals surface area (Å²) in [5.74, 6) is -4.28. The van der Waals surface area contributed by atoms with Crippen LogP contribution in [0, 0.1) is 5.92 Å². The van der Waals surface area contributed by atoms with Gasteiger partial charge in [0.2, 0.25) is 23.6 Å². The molecule has 12 heteroatoms. The third-order valence-corrected chi connectivity index (χ3v) is 6.78. The second-order valence-electron chi connectivity index (χ2n) is 10.00. The van der Waals surface area contributed by atoms with Crippen molar-refractivity contribution in [2.24, 2.45) is 17.4 Å². The van der Waals surface area contributed by atoms with Gasteiger partial charge in [-0.2, -0.15) is 0 Å². The highest BCUT2D eigenvalue weighted by atomic mass is 16.4. The molecule has 0 saturated carbocycles. The third kappa shape index (κ3) is 10.9. The summed E-state index contributed by atoms with van der Waals surface area (Å²) in [6, 6.07) is 10.0. The number of aromatic hydroxyl groups is 1. The number of primary amides is 1. The molecule has 4 amide bonds. The fraction of sp³-hybridized carbons (Fsp3) is 0.414. The fourth-order valence-electron chi connectivity index (χ4n) is 4.01. The lowest BCUT2D eigenvalue weighted by Gasteiger charge is -2.26. The number of carbonyl (C=O) groups is 5. The summed E-state index contributed by atoms with van der Waals surface area (Å²) >= 11 is 0. The molecule has 0 saturated heterocycles. The second kappa shape index (κ2) is 16.0. The normalized spacial score (nSPS) is 14.5. The van der Waals surface area contributed by atoms with E-state index >= 15 is 0 Å². The van der Waals surface area contributed by atoms with Gasteiger partial charge in [0, 0.05) is 19.3 Å². The summed E-state index contributed by atoms with van der Waals surface area (Å²) < 4.78 is 0. The van der Waals surface area contributed by atoms with Crippen molar-refractivity contribution in [3.8, 4) is 5.75 Å². The van der Waals surface area contributed by atoms with Gasteiger partial charge in [0.05, 0.1) is 6.04 Å². The van der Waals surface area contributed by atoms with E-state index in [4.69, 9.17) is 11.5 Å². The largest absolute Gasteiger partial charge is 0.508 e. The zero-order chi connectivity index (χ0) is 30.5. The molecule has 0 aliphatic heterocycles. The van der Waals surface area contributed by atoms with Crippen LogP contribution in [-0.4, -0.2) is 64.0 Å². The summed E-state index contributed by atoms with van der Waals surface area (Å²) in [6.07, 6.45) is 0.165. The number of amides is 4. The smallest absolute Gasteiger partial charge is 0.326 e. The maximum Gasteiger partial charge on any atom is 0.326 e. The predicted octanol–water partition coefficient (Wildman–Crippen LogP) is 0.355. The molecule has 41 heavy (non-hydrogen) atoms. The van der Waals surface area contributed by atoms with Crippen molar-refractivity contribution in [2.45, 2.75) is 70.1 Å². The van der Waals surface area contributed by atoms with Crippen molar-refractivity contribution in [1.29, 1.82) is 0 Å². The number of benzene rings is 2. The first-order valence-corrected chi connectivity index (χ1v) is 13.4. The molecule has 5 unspecified atom stereocenters. The molecule has 0 spiro atoms. The quantitative estimate of drug-likeness (QED) is 0.149. The van der Waals surface area contributed by atoms with Crippen LogP contribution >= 0.6 is 0 Å². The molecular formula is C29H39N5O7. The SMILES string of the molecule is CCC(C)C(N)C(=O)NC(Cc1ccc(O)cc1)C(=O)NC(CCC(N)=O)C(=O)NC(Cc1ccccc1)C(=O)O.